The molecule has 96 valence electrons. The van der Waals surface area contributed by atoms with Gasteiger partial charge >= 0.3 is 0 Å². The zero-order valence-electron chi connectivity index (χ0n) is 10.6. The van der Waals surface area contributed by atoms with Crippen molar-refractivity contribution < 1.29 is 4.39 Å². The fourth-order valence-electron chi connectivity index (χ4n) is 2.56. The van der Waals surface area contributed by atoms with Crippen molar-refractivity contribution in [2.75, 3.05) is 0 Å². The predicted molar refractivity (Wildman–Crippen MR) is 79.0 cm³/mol. The molecule has 0 saturated carbocycles. The Balaban J connectivity index is 2.01. The number of para-hydroxylation sites is 1. The maximum Gasteiger partial charge on any atom is 0.133 e. The van der Waals surface area contributed by atoms with Gasteiger partial charge in [0.05, 0.1) is 11.2 Å². The molecule has 2 aromatic carbocycles. The second-order valence-corrected chi connectivity index (χ2v) is 4.75. The molecule has 0 aliphatic rings. The van der Waals surface area contributed by atoms with Crippen molar-refractivity contribution in [2.24, 2.45) is 0 Å². The normalized spacial score (nSPS) is 11.2. The van der Waals surface area contributed by atoms with E-state index in [1.165, 1.54) is 6.07 Å². The van der Waals surface area contributed by atoms with E-state index in [0.29, 0.717) is 5.39 Å². The fraction of sp³-hybridized carbons (Fsp3) is 0. The summed E-state index contributed by atoms with van der Waals surface area (Å²) < 4.78 is 14.0. The minimum absolute atomic E-state index is 0.228. The van der Waals surface area contributed by atoms with Gasteiger partial charge in [-0.25, -0.2) is 9.37 Å². The van der Waals surface area contributed by atoms with E-state index >= 15 is 0 Å². The number of H-pyrrole nitrogens is 1. The maximum atomic E-state index is 14.0. The molecule has 20 heavy (non-hydrogen) atoms. The first-order valence-electron chi connectivity index (χ1n) is 6.45. The molecule has 0 aliphatic heterocycles. The Bertz CT molecular complexity index is 924. The van der Waals surface area contributed by atoms with E-state index in [2.05, 4.69) is 9.97 Å². The van der Waals surface area contributed by atoms with E-state index in [1.54, 1.807) is 6.07 Å². The Labute approximate surface area is 114 Å². The maximum absolute atomic E-state index is 14.0. The zero-order valence-corrected chi connectivity index (χ0v) is 10.6. The molecule has 0 atom stereocenters. The SMILES string of the molecule is Fc1cccc2[nH]cc(-c3ccc4ccccc4n3)c12. The molecule has 4 rings (SSSR count). The van der Waals surface area contributed by atoms with Gasteiger partial charge in [0, 0.05) is 28.0 Å². The molecule has 0 bridgehead atoms. The van der Waals surface area contributed by atoms with Gasteiger partial charge < -0.3 is 4.98 Å². The largest absolute Gasteiger partial charge is 0.360 e. The van der Waals surface area contributed by atoms with E-state index in [0.717, 1.165) is 27.7 Å². The molecule has 2 aromatic heterocycles. The summed E-state index contributed by atoms with van der Waals surface area (Å²) >= 11 is 0. The quantitative estimate of drug-likeness (QED) is 0.536. The summed E-state index contributed by atoms with van der Waals surface area (Å²) in [5, 5.41) is 1.67. The number of pyridine rings is 1. The Kier molecular flexibility index (Phi) is 2.33. The summed E-state index contributed by atoms with van der Waals surface area (Å²) in [5.74, 6) is -0.228. The molecule has 0 radical (unpaired) electrons. The molecule has 4 aromatic rings. The number of benzene rings is 2. The summed E-state index contributed by atoms with van der Waals surface area (Å²) in [5.41, 5.74) is 3.27. The molecular weight excluding hydrogens is 251 g/mol. The highest BCUT2D eigenvalue weighted by atomic mass is 19.1. The molecular formula is C17H11FN2. The smallest absolute Gasteiger partial charge is 0.133 e. The Hall–Kier alpha value is -2.68. The van der Waals surface area contributed by atoms with Crippen LogP contribution in [0.5, 0.6) is 0 Å². The Morgan fingerprint density at radius 3 is 2.75 bits per heavy atom. The number of nitrogens with one attached hydrogen (secondary N) is 1. The van der Waals surface area contributed by atoms with Gasteiger partial charge in [0.1, 0.15) is 5.82 Å². The van der Waals surface area contributed by atoms with Crippen LogP contribution in [-0.2, 0) is 0 Å². The van der Waals surface area contributed by atoms with Crippen LogP contribution in [0.1, 0.15) is 0 Å². The first kappa shape index (κ1) is 11.2. The third-order valence-corrected chi connectivity index (χ3v) is 3.53. The highest BCUT2D eigenvalue weighted by molar-refractivity contribution is 5.96. The predicted octanol–water partition coefficient (Wildman–Crippen LogP) is 4.52. The number of halogens is 1. The van der Waals surface area contributed by atoms with E-state index < -0.39 is 0 Å². The van der Waals surface area contributed by atoms with Crippen molar-refractivity contribution in [3.8, 4) is 11.3 Å². The standard InChI is InChI=1S/C17H11FN2/c18-13-5-3-7-16-17(13)12(10-19-16)15-9-8-11-4-1-2-6-14(11)20-15/h1-10,19H. The summed E-state index contributed by atoms with van der Waals surface area (Å²) in [7, 11) is 0. The van der Waals surface area contributed by atoms with Crippen LogP contribution in [-0.4, -0.2) is 9.97 Å². The van der Waals surface area contributed by atoms with Gasteiger partial charge in [-0.3, -0.25) is 0 Å². The third-order valence-electron chi connectivity index (χ3n) is 3.53. The first-order valence-corrected chi connectivity index (χ1v) is 6.45. The molecule has 0 spiro atoms. The summed E-state index contributed by atoms with van der Waals surface area (Å²) in [6, 6.07) is 16.9. The van der Waals surface area contributed by atoms with E-state index in [1.807, 2.05) is 48.7 Å². The van der Waals surface area contributed by atoms with Crippen molar-refractivity contribution in [3.63, 3.8) is 0 Å². The van der Waals surface area contributed by atoms with Crippen LogP contribution in [0, 0.1) is 5.82 Å². The van der Waals surface area contributed by atoms with E-state index in [4.69, 9.17) is 0 Å². The number of fused-ring (bicyclic) bond motifs is 2. The summed E-state index contributed by atoms with van der Waals surface area (Å²) in [6.45, 7) is 0. The van der Waals surface area contributed by atoms with Crippen LogP contribution in [0.3, 0.4) is 0 Å². The monoisotopic (exact) mass is 262 g/mol. The lowest BCUT2D eigenvalue weighted by molar-refractivity contribution is 0.640. The molecule has 1 N–H and O–H groups in total. The lowest BCUT2D eigenvalue weighted by Crippen LogP contribution is -1.85. The first-order chi connectivity index (χ1) is 9.83. The number of aromatic nitrogens is 2. The minimum atomic E-state index is -0.228. The zero-order chi connectivity index (χ0) is 13.5. The van der Waals surface area contributed by atoms with Crippen molar-refractivity contribution in [2.45, 2.75) is 0 Å². The molecule has 2 heterocycles. The lowest BCUT2D eigenvalue weighted by Gasteiger charge is -2.02. The van der Waals surface area contributed by atoms with Gasteiger partial charge in [0.15, 0.2) is 0 Å². The van der Waals surface area contributed by atoms with Gasteiger partial charge in [0.25, 0.3) is 0 Å². The lowest BCUT2D eigenvalue weighted by atomic mass is 10.1. The highest BCUT2D eigenvalue weighted by Gasteiger charge is 2.11. The molecule has 0 aliphatic carbocycles. The van der Waals surface area contributed by atoms with Gasteiger partial charge in [-0.15, -0.1) is 0 Å². The van der Waals surface area contributed by atoms with Gasteiger partial charge in [-0.2, -0.15) is 0 Å². The highest BCUT2D eigenvalue weighted by Crippen LogP contribution is 2.30. The summed E-state index contributed by atoms with van der Waals surface area (Å²) in [4.78, 5) is 7.72. The van der Waals surface area contributed by atoms with Crippen LogP contribution in [0.2, 0.25) is 0 Å². The second-order valence-electron chi connectivity index (χ2n) is 4.75. The number of hydrogen-bond donors (Lipinski definition) is 1. The molecule has 2 nitrogen and oxygen atoms in total. The van der Waals surface area contributed by atoms with E-state index in [-0.39, 0.29) is 5.82 Å². The molecule has 0 amide bonds. The van der Waals surface area contributed by atoms with Crippen LogP contribution >= 0.6 is 0 Å². The van der Waals surface area contributed by atoms with Crippen molar-refractivity contribution in [3.05, 3.63) is 66.6 Å². The number of rotatable bonds is 1. The van der Waals surface area contributed by atoms with Gasteiger partial charge in [0.2, 0.25) is 0 Å². The fourth-order valence-corrected chi connectivity index (χ4v) is 2.56. The Morgan fingerprint density at radius 1 is 0.900 bits per heavy atom. The van der Waals surface area contributed by atoms with Crippen LogP contribution in [0.25, 0.3) is 33.1 Å². The molecule has 0 saturated heterocycles. The molecule has 0 fully saturated rings. The van der Waals surface area contributed by atoms with Crippen molar-refractivity contribution in [1.82, 2.24) is 9.97 Å². The van der Waals surface area contributed by atoms with Crippen LogP contribution in [0.15, 0.2) is 60.8 Å². The number of hydrogen-bond acceptors (Lipinski definition) is 1. The van der Waals surface area contributed by atoms with Crippen LogP contribution < -0.4 is 0 Å². The third kappa shape index (κ3) is 1.60. The topological polar surface area (TPSA) is 28.7 Å². The van der Waals surface area contributed by atoms with Gasteiger partial charge in [-0.1, -0.05) is 30.3 Å². The van der Waals surface area contributed by atoms with Gasteiger partial charge in [-0.05, 0) is 24.3 Å². The minimum Gasteiger partial charge on any atom is -0.360 e. The molecule has 0 unspecified atom stereocenters. The number of nitrogens with zero attached hydrogens (tertiary/aromatic N) is 1. The molecule has 3 heteroatoms. The van der Waals surface area contributed by atoms with Crippen molar-refractivity contribution >= 4 is 21.8 Å². The summed E-state index contributed by atoms with van der Waals surface area (Å²) in [6.07, 6.45) is 1.81. The van der Waals surface area contributed by atoms with Crippen LogP contribution in [0.4, 0.5) is 4.39 Å². The van der Waals surface area contributed by atoms with Crippen molar-refractivity contribution in [1.29, 1.82) is 0 Å². The van der Waals surface area contributed by atoms with E-state index in [9.17, 15) is 4.39 Å². The number of aromatic amines is 1. The average molecular weight is 262 g/mol. The second kappa shape index (κ2) is 4.17. The Morgan fingerprint density at radius 2 is 1.80 bits per heavy atom. The average Bonchev–Trinajstić information content (AvgIpc) is 2.92.